The quantitative estimate of drug-likeness (QED) is 0.179. The van der Waals surface area contributed by atoms with E-state index in [0.29, 0.717) is 24.1 Å². The predicted molar refractivity (Wildman–Crippen MR) is 177 cm³/mol. The summed E-state index contributed by atoms with van der Waals surface area (Å²) in [6.07, 6.45) is -0.451. The van der Waals surface area contributed by atoms with Crippen LogP contribution in [0.3, 0.4) is 0 Å². The number of methoxy groups -OCH3 is 1. The van der Waals surface area contributed by atoms with Gasteiger partial charge < -0.3 is 25.4 Å². The number of hydrogen-bond acceptors (Lipinski definition) is 5. The molecular formula is C37H45N3O4. The summed E-state index contributed by atoms with van der Waals surface area (Å²) >= 11 is 0. The summed E-state index contributed by atoms with van der Waals surface area (Å²) in [7, 11) is 1.63. The summed E-state index contributed by atoms with van der Waals surface area (Å²) in [6, 6.07) is 26.7. The molecule has 0 fully saturated rings. The van der Waals surface area contributed by atoms with Gasteiger partial charge in [0.2, 0.25) is 0 Å². The molecule has 0 saturated carbocycles. The standard InChI is InChI=1S/C37H45N3O4/c1-24(2)40(25(3)4)37(43)31-18-26(5)17-30(20-31)36(42)39-34(21-29-14-10-13-28-12-7-8-16-33(28)29)35(41)23-38-22-27-11-9-15-32(19-27)44-6/h7-20,24-25,34-35,38,41H,21-23H2,1-6H3,(H,39,42)/t34-,35+/m0/s1. The van der Waals surface area contributed by atoms with Crippen molar-refractivity contribution in [1.82, 2.24) is 15.5 Å². The highest BCUT2D eigenvalue weighted by molar-refractivity contribution is 6.00. The van der Waals surface area contributed by atoms with Gasteiger partial charge in [-0.25, -0.2) is 0 Å². The molecule has 3 N–H and O–H groups in total. The van der Waals surface area contributed by atoms with Crippen LogP contribution in [0, 0.1) is 6.92 Å². The van der Waals surface area contributed by atoms with E-state index in [0.717, 1.165) is 33.2 Å². The Morgan fingerprint density at radius 2 is 1.55 bits per heavy atom. The highest BCUT2D eigenvalue weighted by Crippen LogP contribution is 2.22. The van der Waals surface area contributed by atoms with E-state index in [4.69, 9.17) is 4.74 Å². The van der Waals surface area contributed by atoms with E-state index in [1.165, 1.54) is 0 Å². The van der Waals surface area contributed by atoms with Gasteiger partial charge in [-0.05, 0) is 98.8 Å². The van der Waals surface area contributed by atoms with Gasteiger partial charge in [0, 0.05) is 36.3 Å². The largest absolute Gasteiger partial charge is 0.497 e. The molecule has 0 heterocycles. The Balaban J connectivity index is 1.58. The molecule has 4 aromatic carbocycles. The summed E-state index contributed by atoms with van der Waals surface area (Å²) in [5.74, 6) is 0.328. The summed E-state index contributed by atoms with van der Waals surface area (Å²) in [5, 5.41) is 20.1. The van der Waals surface area contributed by atoms with Gasteiger partial charge in [-0.2, -0.15) is 0 Å². The zero-order chi connectivity index (χ0) is 31.8. The summed E-state index contributed by atoms with van der Waals surface area (Å²) in [5.41, 5.74) is 3.74. The molecule has 0 aromatic heterocycles. The van der Waals surface area contributed by atoms with Crippen LogP contribution in [0.25, 0.3) is 10.8 Å². The fraction of sp³-hybridized carbons (Fsp3) is 0.351. The van der Waals surface area contributed by atoms with E-state index >= 15 is 0 Å². The number of aliphatic hydroxyl groups is 1. The van der Waals surface area contributed by atoms with E-state index in [9.17, 15) is 14.7 Å². The van der Waals surface area contributed by atoms with Gasteiger partial charge >= 0.3 is 0 Å². The molecule has 0 unspecified atom stereocenters. The van der Waals surface area contributed by atoms with Crippen LogP contribution in [0.1, 0.15) is 65.1 Å². The first-order valence-corrected chi connectivity index (χ1v) is 15.3. The van der Waals surface area contributed by atoms with Crippen LogP contribution in [0.4, 0.5) is 0 Å². The van der Waals surface area contributed by atoms with Crippen molar-refractivity contribution < 1.29 is 19.4 Å². The first kappa shape index (κ1) is 32.7. The van der Waals surface area contributed by atoms with Gasteiger partial charge in [-0.15, -0.1) is 0 Å². The third kappa shape index (κ3) is 8.24. The second-order valence-electron chi connectivity index (χ2n) is 12.0. The van der Waals surface area contributed by atoms with Gasteiger partial charge in [-0.1, -0.05) is 54.6 Å². The Morgan fingerprint density at radius 3 is 2.27 bits per heavy atom. The molecule has 44 heavy (non-hydrogen) atoms. The second-order valence-corrected chi connectivity index (χ2v) is 12.0. The minimum absolute atomic E-state index is 0.0185. The zero-order valence-electron chi connectivity index (χ0n) is 26.6. The summed E-state index contributed by atoms with van der Waals surface area (Å²) in [4.78, 5) is 29.0. The van der Waals surface area contributed by atoms with Crippen LogP contribution in [-0.2, 0) is 13.0 Å². The molecule has 0 bridgehead atoms. The average Bonchev–Trinajstić information content (AvgIpc) is 3.00. The van der Waals surface area contributed by atoms with Crippen LogP contribution in [-0.4, -0.2) is 59.7 Å². The molecule has 0 aliphatic carbocycles. The minimum Gasteiger partial charge on any atom is -0.497 e. The number of amides is 2. The van der Waals surface area contributed by atoms with Crippen LogP contribution >= 0.6 is 0 Å². The molecule has 0 spiro atoms. The predicted octanol–water partition coefficient (Wildman–Crippen LogP) is 5.91. The maximum absolute atomic E-state index is 13.8. The lowest BCUT2D eigenvalue weighted by atomic mass is 9.95. The van der Waals surface area contributed by atoms with E-state index in [1.54, 1.807) is 19.2 Å². The third-order valence-corrected chi connectivity index (χ3v) is 7.85. The van der Waals surface area contributed by atoms with E-state index in [1.807, 2.05) is 94.1 Å². The van der Waals surface area contributed by atoms with E-state index < -0.39 is 12.1 Å². The topological polar surface area (TPSA) is 90.9 Å². The lowest BCUT2D eigenvalue weighted by Crippen LogP contribution is -2.48. The summed E-state index contributed by atoms with van der Waals surface area (Å²) in [6.45, 7) is 10.6. The van der Waals surface area contributed by atoms with Crippen molar-refractivity contribution in [1.29, 1.82) is 0 Å². The molecule has 0 radical (unpaired) electrons. The lowest BCUT2D eigenvalue weighted by Gasteiger charge is -2.31. The van der Waals surface area contributed by atoms with E-state index in [2.05, 4.69) is 28.8 Å². The first-order chi connectivity index (χ1) is 21.1. The van der Waals surface area contributed by atoms with Crippen molar-refractivity contribution in [3.63, 3.8) is 0 Å². The smallest absolute Gasteiger partial charge is 0.254 e. The Morgan fingerprint density at radius 1 is 0.864 bits per heavy atom. The van der Waals surface area contributed by atoms with Crippen molar-refractivity contribution in [2.75, 3.05) is 13.7 Å². The number of nitrogens with one attached hydrogen (secondary N) is 2. The molecule has 2 amide bonds. The van der Waals surface area contributed by atoms with Gasteiger partial charge in [0.15, 0.2) is 0 Å². The lowest BCUT2D eigenvalue weighted by molar-refractivity contribution is 0.0643. The van der Waals surface area contributed by atoms with Crippen LogP contribution in [0.2, 0.25) is 0 Å². The monoisotopic (exact) mass is 595 g/mol. The number of hydrogen-bond donors (Lipinski definition) is 3. The van der Waals surface area contributed by atoms with Crippen molar-refractivity contribution in [3.05, 3.63) is 113 Å². The highest BCUT2D eigenvalue weighted by Gasteiger charge is 2.26. The van der Waals surface area contributed by atoms with Crippen LogP contribution in [0.5, 0.6) is 5.75 Å². The van der Waals surface area contributed by atoms with Crippen molar-refractivity contribution >= 4 is 22.6 Å². The molecule has 7 nitrogen and oxygen atoms in total. The SMILES string of the molecule is COc1cccc(CNC[C@@H](O)[C@H](Cc2cccc3ccccc23)NC(=O)c2cc(C)cc(C(=O)N(C(C)C)C(C)C)c2)c1. The van der Waals surface area contributed by atoms with E-state index in [-0.39, 0.29) is 30.4 Å². The molecule has 0 aliphatic rings. The number of ether oxygens (including phenoxy) is 1. The Kier molecular flexibility index (Phi) is 11.1. The molecule has 0 saturated heterocycles. The second kappa shape index (κ2) is 15.0. The highest BCUT2D eigenvalue weighted by atomic mass is 16.5. The molecule has 7 heteroatoms. The minimum atomic E-state index is -0.883. The van der Waals surface area contributed by atoms with Crippen molar-refractivity contribution in [2.24, 2.45) is 0 Å². The number of fused-ring (bicyclic) bond motifs is 1. The number of aliphatic hydroxyl groups excluding tert-OH is 1. The molecule has 2 atom stereocenters. The maximum atomic E-state index is 13.8. The van der Waals surface area contributed by atoms with Gasteiger partial charge in [0.1, 0.15) is 5.75 Å². The van der Waals surface area contributed by atoms with Crippen molar-refractivity contribution in [2.45, 2.75) is 71.8 Å². The number of rotatable bonds is 13. The number of aryl methyl sites for hydroxylation is 1. The third-order valence-electron chi connectivity index (χ3n) is 7.85. The van der Waals surface area contributed by atoms with Crippen LogP contribution in [0.15, 0.2) is 84.9 Å². The normalized spacial score (nSPS) is 12.8. The number of carbonyl (C=O) groups is 2. The van der Waals surface area contributed by atoms with Gasteiger partial charge in [0.05, 0.1) is 19.3 Å². The molecular weight excluding hydrogens is 550 g/mol. The zero-order valence-corrected chi connectivity index (χ0v) is 26.6. The molecule has 4 rings (SSSR count). The fourth-order valence-electron chi connectivity index (χ4n) is 5.78. The van der Waals surface area contributed by atoms with Crippen LogP contribution < -0.4 is 15.4 Å². The molecule has 0 aliphatic heterocycles. The van der Waals surface area contributed by atoms with Gasteiger partial charge in [-0.3, -0.25) is 9.59 Å². The number of benzene rings is 4. The van der Waals surface area contributed by atoms with Gasteiger partial charge in [0.25, 0.3) is 11.8 Å². The molecule has 4 aromatic rings. The fourth-order valence-corrected chi connectivity index (χ4v) is 5.78. The maximum Gasteiger partial charge on any atom is 0.254 e. The average molecular weight is 596 g/mol. The number of nitrogens with zero attached hydrogens (tertiary/aromatic N) is 1. The molecule has 232 valence electrons. The number of carbonyl (C=O) groups excluding carboxylic acids is 2. The summed E-state index contributed by atoms with van der Waals surface area (Å²) < 4.78 is 5.33. The Hall–Kier alpha value is -4.20. The Labute approximate surface area is 261 Å². The Bertz CT molecular complexity index is 1570. The van der Waals surface area contributed by atoms with Crippen molar-refractivity contribution in [3.8, 4) is 5.75 Å². The first-order valence-electron chi connectivity index (χ1n) is 15.3.